The van der Waals surface area contributed by atoms with Gasteiger partial charge >= 0.3 is 0 Å². The molecule has 2 fully saturated rings. The Morgan fingerprint density at radius 1 is 1.10 bits per heavy atom. The van der Waals surface area contributed by atoms with Gasteiger partial charge in [-0.2, -0.15) is 0 Å². The van der Waals surface area contributed by atoms with Gasteiger partial charge in [-0.25, -0.2) is 0 Å². The van der Waals surface area contributed by atoms with Crippen molar-refractivity contribution >= 4 is 5.91 Å². The Hall–Kier alpha value is -0.570. The smallest absolute Gasteiger partial charge is 0.220 e. The van der Waals surface area contributed by atoms with E-state index in [1.807, 2.05) is 0 Å². The van der Waals surface area contributed by atoms with Crippen molar-refractivity contribution in [2.75, 3.05) is 6.54 Å². The molecule has 2 N–H and O–H groups in total. The molecule has 0 bridgehead atoms. The van der Waals surface area contributed by atoms with Crippen LogP contribution in [-0.4, -0.2) is 24.5 Å². The second-order valence-electron chi connectivity index (χ2n) is 6.79. The van der Waals surface area contributed by atoms with E-state index in [-0.39, 0.29) is 5.91 Å². The Morgan fingerprint density at radius 2 is 1.80 bits per heavy atom. The minimum Gasteiger partial charge on any atom is -0.353 e. The fourth-order valence-electron chi connectivity index (χ4n) is 3.73. The average Bonchev–Trinajstić information content (AvgIpc) is 2.75. The first-order chi connectivity index (χ1) is 9.75. The molecule has 0 aromatic rings. The molecule has 20 heavy (non-hydrogen) atoms. The highest BCUT2D eigenvalue weighted by Gasteiger charge is 2.21. The van der Waals surface area contributed by atoms with Crippen molar-refractivity contribution < 1.29 is 4.79 Å². The van der Waals surface area contributed by atoms with E-state index in [4.69, 9.17) is 0 Å². The lowest BCUT2D eigenvalue weighted by Gasteiger charge is -2.25. The summed E-state index contributed by atoms with van der Waals surface area (Å²) in [5.74, 6) is 0.961. The minimum absolute atomic E-state index is 0.258. The zero-order valence-electron chi connectivity index (χ0n) is 13.1. The average molecular weight is 280 g/mol. The van der Waals surface area contributed by atoms with Gasteiger partial charge in [0.15, 0.2) is 0 Å². The van der Waals surface area contributed by atoms with E-state index in [1.165, 1.54) is 57.8 Å². The summed E-state index contributed by atoms with van der Waals surface area (Å²) in [6.45, 7) is 3.33. The molecular formula is C17H32N2O. The zero-order chi connectivity index (χ0) is 14.2. The molecule has 1 aliphatic heterocycles. The highest BCUT2D eigenvalue weighted by Crippen LogP contribution is 2.25. The van der Waals surface area contributed by atoms with Crippen LogP contribution in [0.2, 0.25) is 0 Å². The van der Waals surface area contributed by atoms with Crippen molar-refractivity contribution in [1.82, 2.24) is 10.6 Å². The maximum atomic E-state index is 12.1. The van der Waals surface area contributed by atoms with Crippen LogP contribution in [0.4, 0.5) is 0 Å². The van der Waals surface area contributed by atoms with Gasteiger partial charge in [-0.05, 0) is 51.5 Å². The van der Waals surface area contributed by atoms with Crippen LogP contribution in [0, 0.1) is 5.92 Å². The molecule has 1 saturated heterocycles. The molecule has 2 aliphatic rings. The van der Waals surface area contributed by atoms with Crippen LogP contribution in [0.5, 0.6) is 0 Å². The summed E-state index contributed by atoms with van der Waals surface area (Å²) in [4.78, 5) is 12.1. The molecule has 3 heteroatoms. The van der Waals surface area contributed by atoms with Crippen LogP contribution < -0.4 is 10.6 Å². The lowest BCUT2D eigenvalue weighted by atomic mass is 9.92. The first-order valence-electron chi connectivity index (χ1n) is 8.78. The SMILES string of the molecule is C[C@H](NC(=O)CCC1CCCCN1)C1CCCCCC1. The van der Waals surface area contributed by atoms with Crippen molar-refractivity contribution in [2.24, 2.45) is 5.92 Å². The second-order valence-corrected chi connectivity index (χ2v) is 6.79. The van der Waals surface area contributed by atoms with Gasteiger partial charge in [0.05, 0.1) is 0 Å². The van der Waals surface area contributed by atoms with E-state index >= 15 is 0 Å². The molecule has 0 aromatic carbocycles. The van der Waals surface area contributed by atoms with Gasteiger partial charge in [0, 0.05) is 18.5 Å². The molecule has 1 unspecified atom stereocenters. The Balaban J connectivity index is 1.64. The van der Waals surface area contributed by atoms with Gasteiger partial charge in [0.25, 0.3) is 0 Å². The Bertz CT molecular complexity index is 279. The summed E-state index contributed by atoms with van der Waals surface area (Å²) in [5, 5.41) is 6.77. The van der Waals surface area contributed by atoms with Gasteiger partial charge in [0.2, 0.25) is 5.91 Å². The normalized spacial score (nSPS) is 26.8. The lowest BCUT2D eigenvalue weighted by Crippen LogP contribution is -2.39. The quantitative estimate of drug-likeness (QED) is 0.758. The predicted octanol–water partition coefficient (Wildman–Crippen LogP) is 3.38. The summed E-state index contributed by atoms with van der Waals surface area (Å²) >= 11 is 0. The summed E-state index contributed by atoms with van der Waals surface area (Å²) in [6, 6.07) is 0.933. The number of hydrogen-bond donors (Lipinski definition) is 2. The Labute approximate surface area is 124 Å². The van der Waals surface area contributed by atoms with Crippen LogP contribution >= 0.6 is 0 Å². The van der Waals surface area contributed by atoms with Crippen LogP contribution in [-0.2, 0) is 4.79 Å². The number of carbonyl (C=O) groups is 1. The predicted molar refractivity (Wildman–Crippen MR) is 83.7 cm³/mol. The number of piperidine rings is 1. The van der Waals surface area contributed by atoms with Crippen molar-refractivity contribution in [1.29, 1.82) is 0 Å². The molecule has 1 amide bonds. The van der Waals surface area contributed by atoms with Crippen molar-refractivity contribution in [3.05, 3.63) is 0 Å². The number of rotatable bonds is 5. The van der Waals surface area contributed by atoms with Crippen molar-refractivity contribution in [3.8, 4) is 0 Å². The van der Waals surface area contributed by atoms with E-state index in [0.29, 0.717) is 24.4 Å². The minimum atomic E-state index is 0.258. The van der Waals surface area contributed by atoms with Crippen LogP contribution in [0.1, 0.15) is 77.6 Å². The van der Waals surface area contributed by atoms with Gasteiger partial charge in [-0.15, -0.1) is 0 Å². The molecule has 0 aromatic heterocycles. The molecule has 116 valence electrons. The van der Waals surface area contributed by atoms with Gasteiger partial charge < -0.3 is 10.6 Å². The van der Waals surface area contributed by atoms with Crippen LogP contribution in [0.3, 0.4) is 0 Å². The van der Waals surface area contributed by atoms with Gasteiger partial charge in [-0.3, -0.25) is 4.79 Å². The highest BCUT2D eigenvalue weighted by atomic mass is 16.1. The standard InChI is InChI=1S/C17H32N2O/c1-14(15-8-4-2-3-5-9-15)19-17(20)12-11-16-10-6-7-13-18-16/h14-16,18H,2-13H2,1H3,(H,19,20)/t14-,16?/m0/s1. The third-order valence-corrected chi connectivity index (χ3v) is 5.13. The zero-order valence-corrected chi connectivity index (χ0v) is 13.1. The molecule has 1 heterocycles. The molecular weight excluding hydrogens is 248 g/mol. The number of carbonyl (C=O) groups excluding carboxylic acids is 1. The highest BCUT2D eigenvalue weighted by molar-refractivity contribution is 5.76. The third kappa shape index (κ3) is 5.43. The molecule has 2 rings (SSSR count). The van der Waals surface area contributed by atoms with Gasteiger partial charge in [-0.1, -0.05) is 32.1 Å². The Morgan fingerprint density at radius 3 is 2.45 bits per heavy atom. The molecule has 3 nitrogen and oxygen atoms in total. The summed E-state index contributed by atoms with van der Waals surface area (Å²) in [6.07, 6.45) is 13.6. The fraction of sp³-hybridized carbons (Fsp3) is 0.941. The molecule has 0 radical (unpaired) electrons. The van der Waals surface area contributed by atoms with E-state index in [1.54, 1.807) is 0 Å². The molecule has 1 saturated carbocycles. The largest absolute Gasteiger partial charge is 0.353 e. The monoisotopic (exact) mass is 280 g/mol. The summed E-state index contributed by atoms with van der Waals surface area (Å²) in [5.41, 5.74) is 0. The van der Waals surface area contributed by atoms with Crippen LogP contribution in [0.15, 0.2) is 0 Å². The van der Waals surface area contributed by atoms with E-state index in [2.05, 4.69) is 17.6 Å². The van der Waals surface area contributed by atoms with Crippen molar-refractivity contribution in [3.63, 3.8) is 0 Å². The molecule has 1 aliphatic carbocycles. The van der Waals surface area contributed by atoms with Crippen molar-refractivity contribution in [2.45, 2.75) is 89.6 Å². The molecule has 0 spiro atoms. The lowest BCUT2D eigenvalue weighted by molar-refractivity contribution is -0.122. The van der Waals surface area contributed by atoms with E-state index in [9.17, 15) is 4.79 Å². The van der Waals surface area contributed by atoms with E-state index < -0.39 is 0 Å². The third-order valence-electron chi connectivity index (χ3n) is 5.13. The first-order valence-corrected chi connectivity index (χ1v) is 8.78. The van der Waals surface area contributed by atoms with E-state index in [0.717, 1.165) is 13.0 Å². The number of hydrogen-bond acceptors (Lipinski definition) is 2. The topological polar surface area (TPSA) is 41.1 Å². The summed E-state index contributed by atoms with van der Waals surface area (Å²) in [7, 11) is 0. The number of amides is 1. The summed E-state index contributed by atoms with van der Waals surface area (Å²) < 4.78 is 0. The Kier molecular flexibility index (Phi) is 6.85. The maximum absolute atomic E-state index is 12.1. The van der Waals surface area contributed by atoms with Gasteiger partial charge in [0.1, 0.15) is 0 Å². The molecule has 2 atom stereocenters. The fourth-order valence-corrected chi connectivity index (χ4v) is 3.73. The van der Waals surface area contributed by atoms with Crippen LogP contribution in [0.25, 0.3) is 0 Å². The maximum Gasteiger partial charge on any atom is 0.220 e. The first kappa shape index (κ1) is 15.8. The second kappa shape index (κ2) is 8.66. The number of nitrogens with one attached hydrogen (secondary N) is 2.